The van der Waals surface area contributed by atoms with Gasteiger partial charge in [0.25, 0.3) is 0 Å². The van der Waals surface area contributed by atoms with Crippen molar-refractivity contribution in [2.75, 3.05) is 13.2 Å². The summed E-state index contributed by atoms with van der Waals surface area (Å²) in [6.45, 7) is 6.46. The SMILES string of the molecule is CC/C=C\C/C=C\C/C=C\C/C=C\CCC(=O)OCC(COC(=O)CCCCCCCCCCCCCCCCCCC/C=C\C/C=C\CCCCCCC)OC(=O)CCCCCCC/C=C\CCCCCCC. The summed E-state index contributed by atoms with van der Waals surface area (Å²) in [5.74, 6) is -0.985. The Hall–Kier alpha value is -3.41. The summed E-state index contributed by atoms with van der Waals surface area (Å²) >= 11 is 0. The number of ether oxygens (including phenoxy) is 3. The number of carbonyl (C=O) groups is 3. The molecule has 0 rings (SSSR count). The summed E-state index contributed by atoms with van der Waals surface area (Å²) in [4.78, 5) is 38.1. The molecule has 0 fully saturated rings. The third kappa shape index (κ3) is 59.5. The molecule has 0 aliphatic rings. The van der Waals surface area contributed by atoms with E-state index in [9.17, 15) is 14.4 Å². The van der Waals surface area contributed by atoms with Crippen molar-refractivity contribution >= 4 is 17.9 Å². The van der Waals surface area contributed by atoms with Crippen LogP contribution >= 0.6 is 0 Å². The number of allylic oxidation sites excluding steroid dienone is 14. The van der Waals surface area contributed by atoms with E-state index in [1.807, 2.05) is 6.08 Å². The summed E-state index contributed by atoms with van der Waals surface area (Å²) in [5, 5.41) is 0. The fourth-order valence-electron chi connectivity index (χ4n) is 8.89. The Morgan fingerprint density at radius 1 is 0.284 bits per heavy atom. The number of unbranched alkanes of at least 4 members (excludes halogenated alkanes) is 32. The molecule has 6 nitrogen and oxygen atoms in total. The van der Waals surface area contributed by atoms with E-state index < -0.39 is 6.10 Å². The van der Waals surface area contributed by atoms with Gasteiger partial charge in [-0.05, 0) is 103 Å². The van der Waals surface area contributed by atoms with Gasteiger partial charge in [-0.25, -0.2) is 0 Å². The molecular weight excluding hydrogens is 913 g/mol. The van der Waals surface area contributed by atoms with Crippen molar-refractivity contribution in [3.8, 4) is 0 Å². The van der Waals surface area contributed by atoms with Crippen molar-refractivity contribution in [2.45, 2.75) is 316 Å². The highest BCUT2D eigenvalue weighted by Gasteiger charge is 2.19. The molecule has 426 valence electrons. The zero-order chi connectivity index (χ0) is 53.6. The molecule has 0 aromatic heterocycles. The molecule has 74 heavy (non-hydrogen) atoms. The van der Waals surface area contributed by atoms with Crippen LogP contribution in [0.5, 0.6) is 0 Å². The smallest absolute Gasteiger partial charge is 0.306 e. The zero-order valence-electron chi connectivity index (χ0n) is 48.8. The van der Waals surface area contributed by atoms with Gasteiger partial charge in [0.15, 0.2) is 6.10 Å². The minimum absolute atomic E-state index is 0.0999. The van der Waals surface area contributed by atoms with Gasteiger partial charge < -0.3 is 14.2 Å². The molecule has 0 spiro atoms. The van der Waals surface area contributed by atoms with E-state index in [1.54, 1.807) is 0 Å². The highest BCUT2D eigenvalue weighted by molar-refractivity contribution is 5.71. The molecule has 0 bridgehead atoms. The third-order valence-electron chi connectivity index (χ3n) is 13.6. The molecule has 0 saturated carbocycles. The van der Waals surface area contributed by atoms with Crippen LogP contribution in [0.2, 0.25) is 0 Å². The van der Waals surface area contributed by atoms with Crippen molar-refractivity contribution in [2.24, 2.45) is 0 Å². The Balaban J connectivity index is 4.22. The Labute approximate surface area is 458 Å². The molecule has 0 aromatic rings. The van der Waals surface area contributed by atoms with Gasteiger partial charge in [0.05, 0.1) is 0 Å². The summed E-state index contributed by atoms with van der Waals surface area (Å²) in [6, 6.07) is 0. The van der Waals surface area contributed by atoms with Gasteiger partial charge >= 0.3 is 17.9 Å². The van der Waals surface area contributed by atoms with Crippen LogP contribution in [-0.2, 0) is 28.6 Å². The standard InChI is InChI=1S/C68H118O6/c1-4-7-10-13-16-19-22-25-27-28-29-30-31-32-33-34-35-36-37-38-39-40-41-44-46-49-52-55-58-61-67(70)73-64-65(63-72-66(69)60-57-54-51-48-45-42-24-21-18-15-12-9-6-3)74-68(71)62-59-56-53-50-47-43-26-23-20-17-14-11-8-5-2/h9,12,18,21-23,25-26,28-29,42,45,51,54,65H,4-8,10-11,13-17,19-20,24,27,30-41,43-44,46-50,52-53,55-64H2,1-3H3/b12-9-,21-18-,25-22-,26-23-,29-28-,45-42-,54-51-. The van der Waals surface area contributed by atoms with Gasteiger partial charge in [-0.1, -0.05) is 273 Å². The first-order chi connectivity index (χ1) is 36.5. The summed E-state index contributed by atoms with van der Waals surface area (Å²) < 4.78 is 16.8. The molecular formula is C68H118O6. The van der Waals surface area contributed by atoms with Gasteiger partial charge in [0.1, 0.15) is 13.2 Å². The van der Waals surface area contributed by atoms with Gasteiger partial charge in [0.2, 0.25) is 0 Å². The fourth-order valence-corrected chi connectivity index (χ4v) is 8.89. The highest BCUT2D eigenvalue weighted by atomic mass is 16.6. The molecule has 6 heteroatoms. The van der Waals surface area contributed by atoms with Crippen LogP contribution in [0, 0.1) is 0 Å². The van der Waals surface area contributed by atoms with Crippen LogP contribution in [0.4, 0.5) is 0 Å². The maximum atomic E-state index is 12.8. The Kier molecular flexibility index (Phi) is 59.3. The molecule has 1 unspecified atom stereocenters. The van der Waals surface area contributed by atoms with E-state index in [0.29, 0.717) is 19.3 Å². The van der Waals surface area contributed by atoms with Crippen LogP contribution in [-0.4, -0.2) is 37.2 Å². The average Bonchev–Trinajstić information content (AvgIpc) is 3.40. The van der Waals surface area contributed by atoms with Gasteiger partial charge in [-0.3, -0.25) is 14.4 Å². The molecule has 0 radical (unpaired) electrons. The minimum Gasteiger partial charge on any atom is -0.462 e. The Morgan fingerprint density at radius 3 is 0.919 bits per heavy atom. The molecule has 0 aliphatic carbocycles. The number of rotatable bonds is 57. The van der Waals surface area contributed by atoms with Gasteiger partial charge in [0, 0.05) is 19.3 Å². The van der Waals surface area contributed by atoms with Crippen LogP contribution < -0.4 is 0 Å². The van der Waals surface area contributed by atoms with E-state index in [1.165, 1.54) is 180 Å². The second-order valence-electron chi connectivity index (χ2n) is 20.9. The second-order valence-corrected chi connectivity index (χ2v) is 20.9. The van der Waals surface area contributed by atoms with Crippen molar-refractivity contribution < 1.29 is 28.6 Å². The zero-order valence-corrected chi connectivity index (χ0v) is 48.8. The summed E-state index contributed by atoms with van der Waals surface area (Å²) in [5.41, 5.74) is 0. The first kappa shape index (κ1) is 70.6. The Bertz CT molecular complexity index is 1420. The van der Waals surface area contributed by atoms with Crippen molar-refractivity contribution in [1.82, 2.24) is 0 Å². The van der Waals surface area contributed by atoms with E-state index in [0.717, 1.165) is 83.5 Å². The molecule has 1 atom stereocenters. The lowest BCUT2D eigenvalue weighted by molar-refractivity contribution is -0.166. The third-order valence-corrected chi connectivity index (χ3v) is 13.6. The fraction of sp³-hybridized carbons (Fsp3) is 0.750. The Morgan fingerprint density at radius 2 is 0.554 bits per heavy atom. The quantitative estimate of drug-likeness (QED) is 0.0261. The number of carbonyl (C=O) groups excluding carboxylic acids is 3. The lowest BCUT2D eigenvalue weighted by atomic mass is 10.0. The maximum absolute atomic E-state index is 12.8. The minimum atomic E-state index is -0.809. The van der Waals surface area contributed by atoms with Crippen LogP contribution in [0.1, 0.15) is 310 Å². The number of esters is 3. The van der Waals surface area contributed by atoms with Crippen molar-refractivity contribution in [1.29, 1.82) is 0 Å². The number of hydrogen-bond acceptors (Lipinski definition) is 6. The van der Waals surface area contributed by atoms with E-state index >= 15 is 0 Å². The van der Waals surface area contributed by atoms with E-state index in [2.05, 4.69) is 99.8 Å². The average molecular weight is 1030 g/mol. The van der Waals surface area contributed by atoms with Crippen molar-refractivity contribution in [3.63, 3.8) is 0 Å². The maximum Gasteiger partial charge on any atom is 0.306 e. The van der Waals surface area contributed by atoms with E-state index in [4.69, 9.17) is 14.2 Å². The molecule has 0 saturated heterocycles. The predicted octanol–water partition coefficient (Wildman–Crippen LogP) is 21.5. The second kappa shape index (κ2) is 62.1. The lowest BCUT2D eigenvalue weighted by Gasteiger charge is -2.18. The molecule has 0 amide bonds. The first-order valence-electron chi connectivity index (χ1n) is 31.6. The molecule has 0 heterocycles. The first-order valence-corrected chi connectivity index (χ1v) is 31.6. The monoisotopic (exact) mass is 1030 g/mol. The summed E-state index contributed by atoms with van der Waals surface area (Å²) in [6.07, 6.45) is 81.9. The lowest BCUT2D eigenvalue weighted by Crippen LogP contribution is -2.30. The van der Waals surface area contributed by atoms with Crippen LogP contribution in [0.3, 0.4) is 0 Å². The largest absolute Gasteiger partial charge is 0.462 e. The normalized spacial score (nSPS) is 12.6. The molecule has 0 aliphatic heterocycles. The molecule has 0 aromatic carbocycles. The molecule has 0 N–H and O–H groups in total. The van der Waals surface area contributed by atoms with Crippen LogP contribution in [0.15, 0.2) is 85.1 Å². The predicted molar refractivity (Wildman–Crippen MR) is 321 cm³/mol. The van der Waals surface area contributed by atoms with E-state index in [-0.39, 0.29) is 37.5 Å². The van der Waals surface area contributed by atoms with Gasteiger partial charge in [-0.15, -0.1) is 0 Å². The summed E-state index contributed by atoms with van der Waals surface area (Å²) in [7, 11) is 0. The topological polar surface area (TPSA) is 78.9 Å². The number of hydrogen-bond donors (Lipinski definition) is 0. The highest BCUT2D eigenvalue weighted by Crippen LogP contribution is 2.16. The van der Waals surface area contributed by atoms with Gasteiger partial charge in [-0.2, -0.15) is 0 Å². The van der Waals surface area contributed by atoms with Crippen LogP contribution in [0.25, 0.3) is 0 Å². The van der Waals surface area contributed by atoms with Crippen molar-refractivity contribution in [3.05, 3.63) is 85.1 Å².